The van der Waals surface area contributed by atoms with Gasteiger partial charge in [0.15, 0.2) is 5.75 Å². The number of carbonyl (C=O) groups is 2. The van der Waals surface area contributed by atoms with Crippen LogP contribution in [0.1, 0.15) is 10.4 Å². The van der Waals surface area contributed by atoms with Crippen LogP contribution in [0.5, 0.6) is 5.75 Å². The Hall–Kier alpha value is -3.16. The summed E-state index contributed by atoms with van der Waals surface area (Å²) in [5.41, 5.74) is -0.562. The quantitative estimate of drug-likeness (QED) is 0.599. The van der Waals surface area contributed by atoms with Crippen LogP contribution in [0, 0.1) is 0 Å². The summed E-state index contributed by atoms with van der Waals surface area (Å²) in [6.07, 6.45) is 0. The summed E-state index contributed by atoms with van der Waals surface area (Å²) >= 11 is 0. The van der Waals surface area contributed by atoms with Gasteiger partial charge in [-0.3, -0.25) is 19.2 Å². The predicted octanol–water partition coefficient (Wildman–Crippen LogP) is 0.280. The summed E-state index contributed by atoms with van der Waals surface area (Å²) in [4.78, 5) is 47.6. The van der Waals surface area contributed by atoms with E-state index >= 15 is 0 Å². The molecule has 0 radical (unpaired) electrons. The van der Waals surface area contributed by atoms with Gasteiger partial charge in [0.25, 0.3) is 16.8 Å². The lowest BCUT2D eigenvalue weighted by atomic mass is 10.1. The third-order valence-corrected chi connectivity index (χ3v) is 3.39. The smallest absolute Gasteiger partial charge is 0.325 e. The molecule has 2 aromatic rings. The van der Waals surface area contributed by atoms with Crippen molar-refractivity contribution in [3.63, 3.8) is 0 Å². The van der Waals surface area contributed by atoms with Gasteiger partial charge in [-0.25, -0.2) is 0 Å². The number of rotatable bonds is 6. The molecule has 0 aromatic heterocycles. The number of nitrogens with zero attached hydrogens (tertiary/aromatic N) is 1. The number of nitrogens with one attached hydrogen (secondary N) is 1. The molecule has 0 fully saturated rings. The molecule has 2 aromatic carbocycles. The molecular formula is C16H16N2O6. The second-order valence-corrected chi connectivity index (χ2v) is 5.01. The first-order valence-electron chi connectivity index (χ1n) is 6.95. The minimum Gasteiger partial charge on any atom is -0.491 e. The highest BCUT2D eigenvalue weighted by Gasteiger charge is 2.22. The van der Waals surface area contributed by atoms with Gasteiger partial charge < -0.3 is 19.7 Å². The molecular weight excluding hydrogens is 316 g/mol. The number of hydrogen-bond donors (Lipinski definition) is 1. The highest BCUT2D eigenvalue weighted by Crippen LogP contribution is 2.23. The molecule has 1 N–H and O–H groups in total. The van der Waals surface area contributed by atoms with E-state index in [1.807, 2.05) is 0 Å². The van der Waals surface area contributed by atoms with E-state index < -0.39 is 16.8 Å². The van der Waals surface area contributed by atoms with Crippen LogP contribution in [0.2, 0.25) is 0 Å². The Labute approximate surface area is 137 Å². The number of likely N-dealkylation sites (N-methyl/N-ethyl adjacent to an activating group) is 1. The van der Waals surface area contributed by atoms with E-state index in [9.17, 15) is 19.2 Å². The number of carbonyl (C=O) groups excluding carboxylic acids is 2. The van der Waals surface area contributed by atoms with Crippen molar-refractivity contribution in [3.8, 4) is 5.75 Å². The molecule has 0 aliphatic rings. The van der Waals surface area contributed by atoms with Gasteiger partial charge >= 0.3 is 5.97 Å². The van der Waals surface area contributed by atoms with Crippen LogP contribution in [0.4, 0.5) is 11.4 Å². The molecule has 0 saturated heterocycles. The number of amides is 1. The van der Waals surface area contributed by atoms with E-state index in [1.165, 1.54) is 32.2 Å². The topological polar surface area (TPSA) is 102 Å². The fourth-order valence-corrected chi connectivity index (χ4v) is 2.10. The van der Waals surface area contributed by atoms with Gasteiger partial charge in [0.05, 0.1) is 14.2 Å². The maximum atomic E-state index is 12.3. The third kappa shape index (κ3) is 3.27. The summed E-state index contributed by atoms with van der Waals surface area (Å²) in [5.74, 6) is -0.964. The van der Waals surface area contributed by atoms with Crippen LogP contribution in [-0.2, 0) is 9.53 Å². The summed E-state index contributed by atoms with van der Waals surface area (Å²) in [5, 5.41) is 2.77. The summed E-state index contributed by atoms with van der Waals surface area (Å²) < 4.78 is 9.36. The maximum absolute atomic E-state index is 12.3. The van der Waals surface area contributed by atoms with Crippen molar-refractivity contribution in [1.29, 1.82) is 0 Å². The molecule has 24 heavy (non-hydrogen) atoms. The molecule has 0 bridgehead atoms. The first-order valence-corrected chi connectivity index (χ1v) is 6.95. The van der Waals surface area contributed by atoms with Gasteiger partial charge in [-0.1, -0.05) is 6.07 Å². The molecule has 0 heterocycles. The van der Waals surface area contributed by atoms with E-state index in [-0.39, 0.29) is 23.9 Å². The lowest BCUT2D eigenvalue weighted by Crippen LogP contribution is -2.34. The number of hydrogen-bond acceptors (Lipinski definition) is 7. The van der Waals surface area contributed by atoms with Crippen LogP contribution in [0.25, 0.3) is 0 Å². The van der Waals surface area contributed by atoms with Crippen LogP contribution >= 0.6 is 0 Å². The summed E-state index contributed by atoms with van der Waals surface area (Å²) in [6.45, 7) is -0.182. The normalized spacial score (nSPS) is 10.3. The number of ether oxygens (including phenoxy) is 2. The maximum Gasteiger partial charge on any atom is 0.325 e. The van der Waals surface area contributed by atoms with Crippen molar-refractivity contribution in [2.75, 3.05) is 33.1 Å². The molecule has 0 aliphatic heterocycles. The molecule has 1 amide bonds. The minimum atomic E-state index is -0.690. The largest absolute Gasteiger partial charge is 0.491 e. The van der Waals surface area contributed by atoms with E-state index in [4.69, 9.17) is 4.74 Å². The molecule has 0 atom stereocenters. The lowest BCUT2D eigenvalue weighted by Gasteiger charge is -2.17. The Kier molecular flexibility index (Phi) is 4.98. The van der Waals surface area contributed by atoms with Gasteiger partial charge in [-0.2, -0.15) is 0 Å². The highest BCUT2D eigenvalue weighted by atomic mass is 16.5. The van der Waals surface area contributed by atoms with Gasteiger partial charge in [-0.15, -0.1) is 0 Å². The average Bonchev–Trinajstić information content (AvgIpc) is 2.60. The highest BCUT2D eigenvalue weighted by molar-refractivity contribution is 5.96. The Balaban J connectivity index is 2.18. The van der Waals surface area contributed by atoms with Crippen molar-refractivity contribution in [2.45, 2.75) is 0 Å². The predicted molar refractivity (Wildman–Crippen MR) is 86.6 cm³/mol. The molecule has 0 unspecified atom stereocenters. The summed E-state index contributed by atoms with van der Waals surface area (Å²) in [6, 6.07) is 6.32. The SMILES string of the molecule is COC(=O)CN(C)C(=O)c1cccc(Nc2c(OC)c(=O)c2=O)c1. The van der Waals surface area contributed by atoms with Gasteiger partial charge in [0.2, 0.25) is 0 Å². The number of esters is 1. The monoisotopic (exact) mass is 332 g/mol. The van der Waals surface area contributed by atoms with Crippen LogP contribution in [0.15, 0.2) is 33.9 Å². The van der Waals surface area contributed by atoms with Crippen LogP contribution in [0.3, 0.4) is 0 Å². The van der Waals surface area contributed by atoms with Crippen molar-refractivity contribution in [2.24, 2.45) is 0 Å². The van der Waals surface area contributed by atoms with E-state index in [2.05, 4.69) is 10.1 Å². The van der Waals surface area contributed by atoms with Crippen LogP contribution in [-0.4, -0.2) is 44.6 Å². The van der Waals surface area contributed by atoms with Gasteiger partial charge in [0.1, 0.15) is 12.2 Å². The average molecular weight is 332 g/mol. The third-order valence-electron chi connectivity index (χ3n) is 3.39. The van der Waals surface area contributed by atoms with Crippen molar-refractivity contribution in [1.82, 2.24) is 4.90 Å². The molecule has 8 nitrogen and oxygen atoms in total. The Morgan fingerprint density at radius 2 is 1.88 bits per heavy atom. The van der Waals surface area contributed by atoms with Crippen LogP contribution < -0.4 is 20.9 Å². The van der Waals surface area contributed by atoms with Crippen molar-refractivity contribution < 1.29 is 19.1 Å². The lowest BCUT2D eigenvalue weighted by molar-refractivity contribution is -0.141. The van der Waals surface area contributed by atoms with Gasteiger partial charge in [0, 0.05) is 18.3 Å². The molecule has 0 aliphatic carbocycles. The number of benzene rings is 1. The van der Waals surface area contributed by atoms with Gasteiger partial charge in [-0.05, 0) is 18.2 Å². The summed E-state index contributed by atoms with van der Waals surface area (Å²) in [7, 11) is 4.01. The number of anilines is 2. The van der Waals surface area contributed by atoms with E-state index in [0.717, 1.165) is 0 Å². The Morgan fingerprint density at radius 3 is 2.50 bits per heavy atom. The zero-order valence-electron chi connectivity index (χ0n) is 13.4. The Morgan fingerprint density at radius 1 is 1.17 bits per heavy atom. The first kappa shape index (κ1) is 17.2. The molecule has 0 saturated carbocycles. The molecule has 126 valence electrons. The zero-order valence-corrected chi connectivity index (χ0v) is 13.4. The van der Waals surface area contributed by atoms with Crippen molar-refractivity contribution >= 4 is 23.3 Å². The molecule has 2 rings (SSSR count). The van der Waals surface area contributed by atoms with E-state index in [0.29, 0.717) is 11.3 Å². The molecule has 0 spiro atoms. The fraction of sp³-hybridized carbons (Fsp3) is 0.250. The fourth-order valence-electron chi connectivity index (χ4n) is 2.10. The molecule has 8 heteroatoms. The zero-order chi connectivity index (χ0) is 17.9. The van der Waals surface area contributed by atoms with E-state index in [1.54, 1.807) is 18.2 Å². The number of methoxy groups -OCH3 is 2. The second-order valence-electron chi connectivity index (χ2n) is 5.01. The van der Waals surface area contributed by atoms with Crippen molar-refractivity contribution in [3.05, 3.63) is 50.3 Å². The minimum absolute atomic E-state index is 0.0421. The first-order chi connectivity index (χ1) is 11.4. The Bertz CT molecular complexity index is 851. The second kappa shape index (κ2) is 6.95. The standard InChI is InChI=1S/C16H16N2O6/c1-18(8-11(19)23-2)16(22)9-5-4-6-10(7-9)17-12-13(20)14(21)15(12)24-3/h4-7,17H,8H2,1-3H3.